The van der Waals surface area contributed by atoms with Gasteiger partial charge in [0.05, 0.1) is 24.7 Å². The SMILES string of the molecule is NCCC(O)C(=O)N[C@@H]1C[C@H](N)[C@@H](O[C@H]2O[C@H](CN)[C@@H](O)[C@@H](O)[C@H]2N)[C@H](O[C@@H]2O[C@H](CO)[C@@H](O[C@H]3O[C@@H](CN)[C@@H](O)[C@H](O)[C@H]3N)[C@H]2O)[C@H]1O. The minimum Gasteiger partial charge on any atom is -0.394 e. The maximum absolute atomic E-state index is 12.6. The summed E-state index contributed by atoms with van der Waals surface area (Å²) in [6.45, 7) is -1.14. The van der Waals surface area contributed by atoms with E-state index in [0.29, 0.717) is 0 Å². The van der Waals surface area contributed by atoms with Gasteiger partial charge in [-0.2, -0.15) is 0 Å². The highest BCUT2D eigenvalue weighted by atomic mass is 16.8. The molecule has 3 saturated heterocycles. The Kier molecular flexibility index (Phi) is 14.4. The quantitative estimate of drug-likeness (QED) is 0.0841. The van der Waals surface area contributed by atoms with Gasteiger partial charge in [0, 0.05) is 19.1 Å². The van der Waals surface area contributed by atoms with Crippen molar-refractivity contribution in [2.45, 2.75) is 135 Å². The smallest absolute Gasteiger partial charge is 0.249 e. The van der Waals surface area contributed by atoms with Gasteiger partial charge in [-0.3, -0.25) is 4.79 Å². The zero-order valence-electron chi connectivity index (χ0n) is 26.7. The number of rotatable bonds is 13. The molecule has 1 unspecified atom stereocenters. The molecule has 4 rings (SSSR count). The van der Waals surface area contributed by atoms with Crippen molar-refractivity contribution in [2.75, 3.05) is 26.2 Å². The number of carbonyl (C=O) groups is 1. The van der Waals surface area contributed by atoms with E-state index in [1.807, 2.05) is 0 Å². The van der Waals surface area contributed by atoms with Crippen LogP contribution < -0.4 is 39.7 Å². The van der Waals surface area contributed by atoms with Gasteiger partial charge in [0.2, 0.25) is 5.91 Å². The second kappa shape index (κ2) is 17.5. The van der Waals surface area contributed by atoms with Gasteiger partial charge < -0.3 is 109 Å². The van der Waals surface area contributed by atoms with E-state index in [-0.39, 0.29) is 32.5 Å². The Bertz CT molecular complexity index is 1060. The van der Waals surface area contributed by atoms with Crippen LogP contribution in [-0.2, 0) is 33.2 Å². The van der Waals surface area contributed by atoms with Crippen molar-refractivity contribution in [3.05, 3.63) is 0 Å². The number of nitrogens with one attached hydrogen (secondary N) is 1. The predicted octanol–water partition coefficient (Wildman–Crippen LogP) is -10.0. The monoisotopic (exact) mass is 715 g/mol. The average molecular weight is 716 g/mol. The van der Waals surface area contributed by atoms with Crippen LogP contribution in [0.1, 0.15) is 12.8 Å². The zero-order valence-corrected chi connectivity index (χ0v) is 26.7. The van der Waals surface area contributed by atoms with Crippen LogP contribution in [0.3, 0.4) is 0 Å². The van der Waals surface area contributed by atoms with Crippen LogP contribution >= 0.6 is 0 Å². The van der Waals surface area contributed by atoms with E-state index in [1.165, 1.54) is 0 Å². The summed E-state index contributed by atoms with van der Waals surface area (Å²) in [7, 11) is 0. The molecule has 49 heavy (non-hydrogen) atoms. The van der Waals surface area contributed by atoms with E-state index in [9.17, 15) is 45.6 Å². The average Bonchev–Trinajstić information content (AvgIpc) is 3.38. The molecule has 286 valence electrons. The molecule has 4 aliphatic rings. The second-order valence-electron chi connectivity index (χ2n) is 12.8. The van der Waals surface area contributed by atoms with Crippen molar-refractivity contribution in [3.63, 3.8) is 0 Å². The van der Waals surface area contributed by atoms with Gasteiger partial charge in [-0.25, -0.2) is 0 Å². The second-order valence-corrected chi connectivity index (χ2v) is 12.8. The summed E-state index contributed by atoms with van der Waals surface area (Å²) in [6, 6.07) is -4.82. The third-order valence-corrected chi connectivity index (χ3v) is 9.40. The molecule has 0 spiro atoms. The molecule has 22 nitrogen and oxygen atoms in total. The Morgan fingerprint density at radius 1 is 0.694 bits per heavy atom. The predicted molar refractivity (Wildman–Crippen MR) is 162 cm³/mol. The molecule has 0 radical (unpaired) electrons. The van der Waals surface area contributed by atoms with Crippen LogP contribution in [0.4, 0.5) is 0 Å². The molecule has 4 fully saturated rings. The van der Waals surface area contributed by atoms with Crippen LogP contribution in [-0.4, -0.2) is 195 Å². The van der Waals surface area contributed by atoms with Crippen molar-refractivity contribution in [3.8, 4) is 0 Å². The Hall–Kier alpha value is -1.33. The Balaban J connectivity index is 1.57. The lowest BCUT2D eigenvalue weighted by atomic mass is 9.83. The molecule has 0 aromatic rings. The van der Waals surface area contributed by atoms with Gasteiger partial charge in [-0.1, -0.05) is 0 Å². The molecule has 1 amide bonds. The molecule has 0 aromatic carbocycles. The minimum absolute atomic E-state index is 0.00431. The summed E-state index contributed by atoms with van der Waals surface area (Å²) in [5.41, 5.74) is 35.3. The molecule has 22 heteroatoms. The van der Waals surface area contributed by atoms with E-state index in [4.69, 9.17) is 62.8 Å². The maximum atomic E-state index is 12.6. The van der Waals surface area contributed by atoms with Crippen LogP contribution in [0.25, 0.3) is 0 Å². The molecular formula is C27H53N7O15. The molecule has 1 saturated carbocycles. The van der Waals surface area contributed by atoms with Gasteiger partial charge in [0.1, 0.15) is 79.4 Å². The van der Waals surface area contributed by atoms with Crippen molar-refractivity contribution in [1.29, 1.82) is 0 Å². The molecular weight excluding hydrogens is 662 g/mol. The lowest BCUT2D eigenvalue weighted by Crippen LogP contribution is -2.69. The van der Waals surface area contributed by atoms with Crippen molar-refractivity contribution >= 4 is 5.91 Å². The number of hydrogen-bond donors (Lipinski definition) is 15. The molecule has 21 N–H and O–H groups in total. The third-order valence-electron chi connectivity index (χ3n) is 9.40. The number of aliphatic hydroxyl groups excluding tert-OH is 8. The highest BCUT2D eigenvalue weighted by Gasteiger charge is 2.55. The maximum Gasteiger partial charge on any atom is 0.249 e. The lowest BCUT2D eigenvalue weighted by molar-refractivity contribution is -0.307. The van der Waals surface area contributed by atoms with Gasteiger partial charge in [0.15, 0.2) is 18.9 Å². The molecule has 0 aromatic heterocycles. The van der Waals surface area contributed by atoms with Crippen LogP contribution in [0.15, 0.2) is 0 Å². The van der Waals surface area contributed by atoms with E-state index in [2.05, 4.69) is 5.32 Å². The summed E-state index contributed by atoms with van der Waals surface area (Å²) in [6.07, 6.45) is -23.2. The first kappa shape index (κ1) is 40.4. The summed E-state index contributed by atoms with van der Waals surface area (Å²) in [4.78, 5) is 12.6. The van der Waals surface area contributed by atoms with Crippen LogP contribution in [0.2, 0.25) is 0 Å². The minimum atomic E-state index is -1.72. The van der Waals surface area contributed by atoms with E-state index < -0.39 is 135 Å². The largest absolute Gasteiger partial charge is 0.394 e. The first-order chi connectivity index (χ1) is 23.2. The number of aliphatic hydroxyl groups is 8. The third kappa shape index (κ3) is 8.66. The first-order valence-corrected chi connectivity index (χ1v) is 16.2. The van der Waals surface area contributed by atoms with Crippen molar-refractivity contribution in [1.82, 2.24) is 5.32 Å². The highest BCUT2D eigenvalue weighted by Crippen LogP contribution is 2.34. The summed E-state index contributed by atoms with van der Waals surface area (Å²) in [5.74, 6) is -0.849. The lowest BCUT2D eigenvalue weighted by Gasteiger charge is -2.48. The molecule has 20 atom stereocenters. The summed E-state index contributed by atoms with van der Waals surface area (Å²) < 4.78 is 35.0. The first-order valence-electron chi connectivity index (χ1n) is 16.2. The van der Waals surface area contributed by atoms with Gasteiger partial charge in [0.25, 0.3) is 0 Å². The summed E-state index contributed by atoms with van der Waals surface area (Å²) in [5, 5.41) is 86.9. The van der Waals surface area contributed by atoms with E-state index in [0.717, 1.165) is 0 Å². The van der Waals surface area contributed by atoms with Gasteiger partial charge >= 0.3 is 0 Å². The Morgan fingerprint density at radius 2 is 1.18 bits per heavy atom. The normalized spacial score (nSPS) is 48.3. The summed E-state index contributed by atoms with van der Waals surface area (Å²) >= 11 is 0. The number of carbonyl (C=O) groups excluding carboxylic acids is 1. The number of amides is 1. The molecule has 3 aliphatic heterocycles. The fourth-order valence-corrected chi connectivity index (χ4v) is 6.42. The van der Waals surface area contributed by atoms with Gasteiger partial charge in [-0.05, 0) is 19.4 Å². The van der Waals surface area contributed by atoms with E-state index in [1.54, 1.807) is 0 Å². The number of hydrogen-bond acceptors (Lipinski definition) is 21. The van der Waals surface area contributed by atoms with Gasteiger partial charge in [-0.15, -0.1) is 0 Å². The van der Waals surface area contributed by atoms with Crippen LogP contribution in [0.5, 0.6) is 0 Å². The number of nitrogens with two attached hydrogens (primary N) is 6. The standard InChI is InChI=1S/C27H53N7O15/c28-2-1-9(36)24(43)34-8-3-7(31)21(47-25-13(32)18(40)16(38)10(4-29)44-25)23(15(8)37)49-27-20(42)22(12(6-35)46-27)48-26-14(33)19(41)17(39)11(5-30)45-26/h7-23,25-27,35-42H,1-6,28-33H2,(H,34,43)/t7-,8+,9?,10+,11-,12+,13+,14+,15-,16+,17+,18-,19+,20+,21+,22+,23+,25+,26+,27-/m0/s1. The zero-order chi connectivity index (χ0) is 36.3. The molecule has 3 heterocycles. The molecule has 1 aliphatic carbocycles. The van der Waals surface area contributed by atoms with E-state index >= 15 is 0 Å². The fraction of sp³-hybridized carbons (Fsp3) is 0.963. The Labute approximate surface area is 281 Å². The van der Waals surface area contributed by atoms with Crippen molar-refractivity contribution < 1.29 is 74.1 Å². The number of ether oxygens (including phenoxy) is 6. The van der Waals surface area contributed by atoms with Crippen molar-refractivity contribution in [2.24, 2.45) is 34.4 Å². The highest BCUT2D eigenvalue weighted by molar-refractivity contribution is 5.80. The molecule has 0 bridgehead atoms. The fourth-order valence-electron chi connectivity index (χ4n) is 6.42. The topological polar surface area (TPSA) is 402 Å². The van der Waals surface area contributed by atoms with Crippen LogP contribution in [0, 0.1) is 0 Å². The Morgan fingerprint density at radius 3 is 1.67 bits per heavy atom.